The lowest BCUT2D eigenvalue weighted by Gasteiger charge is -2.01. The van der Waals surface area contributed by atoms with Gasteiger partial charge in [0.2, 0.25) is 0 Å². The number of nitrogens with two attached hydrogens (primary N) is 1. The van der Waals surface area contributed by atoms with Gasteiger partial charge in [0.05, 0.1) is 0 Å². The van der Waals surface area contributed by atoms with E-state index in [4.69, 9.17) is 5.73 Å². The number of carbonyl (C=O) groups is 1. The topological polar surface area (TPSA) is 80.0 Å². The zero-order chi connectivity index (χ0) is 12.3. The molecule has 90 valence electrons. The quantitative estimate of drug-likeness (QED) is 0.789. The Hall–Kier alpha value is -1.60. The van der Waals surface area contributed by atoms with Gasteiger partial charge >= 0.3 is 0 Å². The molecule has 0 fully saturated rings. The molecule has 0 saturated carbocycles. The fourth-order valence-corrected chi connectivity index (χ4v) is 2.68. The molecule has 0 bridgehead atoms. The van der Waals surface area contributed by atoms with Gasteiger partial charge in [-0.1, -0.05) is 11.3 Å². The van der Waals surface area contributed by atoms with Crippen LogP contribution in [0.3, 0.4) is 0 Å². The average Bonchev–Trinajstić information content (AvgIpc) is 2.94. The van der Waals surface area contributed by atoms with Crippen LogP contribution in [0, 0.1) is 0 Å². The Morgan fingerprint density at radius 1 is 1.59 bits per heavy atom. The van der Waals surface area contributed by atoms with Crippen LogP contribution < -0.4 is 16.4 Å². The van der Waals surface area contributed by atoms with Gasteiger partial charge in [0.15, 0.2) is 5.13 Å². The lowest BCUT2D eigenvalue weighted by Crippen LogP contribution is -2.22. The SMILES string of the molecule is CNc1nc(N)c(C(=O)NCc2ccsc2)s1. The molecule has 0 aliphatic heterocycles. The second-order valence-corrected chi connectivity index (χ2v) is 5.08. The minimum atomic E-state index is -0.187. The van der Waals surface area contributed by atoms with Crippen LogP contribution in [0.15, 0.2) is 16.8 Å². The first-order valence-corrected chi connectivity index (χ1v) is 6.70. The predicted molar refractivity (Wildman–Crippen MR) is 71.6 cm³/mol. The van der Waals surface area contributed by atoms with Crippen LogP contribution in [-0.2, 0) is 6.54 Å². The van der Waals surface area contributed by atoms with Crippen molar-refractivity contribution in [3.05, 3.63) is 27.3 Å². The minimum absolute atomic E-state index is 0.187. The number of nitrogens with one attached hydrogen (secondary N) is 2. The van der Waals surface area contributed by atoms with Gasteiger partial charge in [-0.05, 0) is 22.4 Å². The van der Waals surface area contributed by atoms with Crippen molar-refractivity contribution in [1.82, 2.24) is 10.3 Å². The number of rotatable bonds is 4. The van der Waals surface area contributed by atoms with Crippen LogP contribution in [0.1, 0.15) is 15.2 Å². The smallest absolute Gasteiger partial charge is 0.265 e. The Balaban J connectivity index is 2.01. The first-order chi connectivity index (χ1) is 8.20. The number of hydrogen-bond acceptors (Lipinski definition) is 6. The van der Waals surface area contributed by atoms with E-state index in [0.29, 0.717) is 16.6 Å². The standard InChI is InChI=1S/C10H12N4OS2/c1-12-10-14-8(11)7(17-10)9(15)13-4-6-2-3-16-5-6/h2-3,5H,4,11H2,1H3,(H,12,14)(H,13,15). The van der Waals surface area contributed by atoms with E-state index in [1.165, 1.54) is 11.3 Å². The molecule has 0 atom stereocenters. The monoisotopic (exact) mass is 268 g/mol. The van der Waals surface area contributed by atoms with Crippen LogP contribution >= 0.6 is 22.7 Å². The van der Waals surface area contributed by atoms with E-state index in [1.807, 2.05) is 16.8 Å². The molecule has 2 aromatic heterocycles. The van der Waals surface area contributed by atoms with Gasteiger partial charge in [-0.15, -0.1) is 0 Å². The van der Waals surface area contributed by atoms with E-state index in [0.717, 1.165) is 5.56 Å². The van der Waals surface area contributed by atoms with Crippen molar-refractivity contribution in [3.63, 3.8) is 0 Å². The van der Waals surface area contributed by atoms with E-state index >= 15 is 0 Å². The molecule has 4 N–H and O–H groups in total. The van der Waals surface area contributed by atoms with Crippen LogP contribution in [-0.4, -0.2) is 17.9 Å². The van der Waals surface area contributed by atoms with Crippen molar-refractivity contribution in [2.75, 3.05) is 18.1 Å². The molecule has 0 spiro atoms. The number of anilines is 2. The van der Waals surface area contributed by atoms with Crippen molar-refractivity contribution in [2.24, 2.45) is 0 Å². The van der Waals surface area contributed by atoms with Crippen LogP contribution in [0.2, 0.25) is 0 Å². The number of amides is 1. The summed E-state index contributed by atoms with van der Waals surface area (Å²) in [7, 11) is 1.74. The predicted octanol–water partition coefficient (Wildman–Crippen LogP) is 1.76. The number of thiazole rings is 1. The number of thiophene rings is 1. The van der Waals surface area contributed by atoms with Gasteiger partial charge < -0.3 is 16.4 Å². The van der Waals surface area contributed by atoms with E-state index in [-0.39, 0.29) is 11.7 Å². The molecule has 0 unspecified atom stereocenters. The van der Waals surface area contributed by atoms with Crippen molar-refractivity contribution >= 4 is 39.5 Å². The lowest BCUT2D eigenvalue weighted by atomic mass is 10.3. The molecular weight excluding hydrogens is 256 g/mol. The van der Waals surface area contributed by atoms with Gasteiger partial charge in [-0.3, -0.25) is 4.79 Å². The number of nitrogen functional groups attached to an aromatic ring is 1. The average molecular weight is 268 g/mol. The molecule has 0 radical (unpaired) electrons. The Morgan fingerprint density at radius 3 is 3.00 bits per heavy atom. The molecule has 0 saturated heterocycles. The summed E-state index contributed by atoms with van der Waals surface area (Å²) in [6, 6.07) is 1.97. The molecule has 2 heterocycles. The van der Waals surface area contributed by atoms with Gasteiger partial charge in [-0.25, -0.2) is 4.98 Å². The van der Waals surface area contributed by atoms with Crippen LogP contribution in [0.25, 0.3) is 0 Å². The molecule has 0 aliphatic carbocycles. The van der Waals surface area contributed by atoms with Gasteiger partial charge in [0.1, 0.15) is 10.7 Å². The highest BCUT2D eigenvalue weighted by Gasteiger charge is 2.15. The normalized spacial score (nSPS) is 10.2. The Bertz CT molecular complexity index is 506. The maximum Gasteiger partial charge on any atom is 0.265 e. The first kappa shape index (κ1) is 11.9. The third-order valence-electron chi connectivity index (χ3n) is 2.11. The molecule has 0 aromatic carbocycles. The number of hydrogen-bond donors (Lipinski definition) is 3. The molecule has 1 amide bonds. The first-order valence-electron chi connectivity index (χ1n) is 4.94. The largest absolute Gasteiger partial charge is 0.382 e. The summed E-state index contributed by atoms with van der Waals surface area (Å²) in [6.45, 7) is 0.508. The molecule has 2 rings (SSSR count). The maximum absolute atomic E-state index is 11.8. The van der Waals surface area contributed by atoms with Crippen molar-refractivity contribution in [3.8, 4) is 0 Å². The van der Waals surface area contributed by atoms with Crippen molar-refractivity contribution in [2.45, 2.75) is 6.54 Å². The van der Waals surface area contributed by atoms with Crippen LogP contribution in [0.4, 0.5) is 10.9 Å². The van der Waals surface area contributed by atoms with Gasteiger partial charge in [-0.2, -0.15) is 11.3 Å². The second kappa shape index (κ2) is 5.15. The molecule has 0 aliphatic rings. The maximum atomic E-state index is 11.8. The third kappa shape index (κ3) is 2.75. The zero-order valence-electron chi connectivity index (χ0n) is 9.19. The molecular formula is C10H12N4OS2. The van der Waals surface area contributed by atoms with Gasteiger partial charge in [0, 0.05) is 13.6 Å². The van der Waals surface area contributed by atoms with E-state index < -0.39 is 0 Å². The third-order valence-corrected chi connectivity index (χ3v) is 3.93. The fourth-order valence-electron chi connectivity index (χ4n) is 1.26. The van der Waals surface area contributed by atoms with E-state index in [2.05, 4.69) is 15.6 Å². The molecule has 17 heavy (non-hydrogen) atoms. The van der Waals surface area contributed by atoms with E-state index in [1.54, 1.807) is 18.4 Å². The number of nitrogens with zero attached hydrogens (tertiary/aromatic N) is 1. The molecule has 5 nitrogen and oxygen atoms in total. The fraction of sp³-hybridized carbons (Fsp3) is 0.200. The lowest BCUT2D eigenvalue weighted by molar-refractivity contribution is 0.0955. The van der Waals surface area contributed by atoms with Crippen molar-refractivity contribution in [1.29, 1.82) is 0 Å². The highest BCUT2D eigenvalue weighted by molar-refractivity contribution is 7.18. The Morgan fingerprint density at radius 2 is 2.41 bits per heavy atom. The number of carbonyl (C=O) groups excluding carboxylic acids is 1. The highest BCUT2D eigenvalue weighted by atomic mass is 32.1. The summed E-state index contributed by atoms with van der Waals surface area (Å²) in [6.07, 6.45) is 0. The summed E-state index contributed by atoms with van der Waals surface area (Å²) in [5.41, 5.74) is 6.75. The summed E-state index contributed by atoms with van der Waals surface area (Å²) < 4.78 is 0. The molecule has 7 heteroatoms. The number of aromatic nitrogens is 1. The Labute approximate surface area is 107 Å². The van der Waals surface area contributed by atoms with Crippen molar-refractivity contribution < 1.29 is 4.79 Å². The summed E-state index contributed by atoms with van der Waals surface area (Å²) >= 11 is 2.85. The minimum Gasteiger partial charge on any atom is -0.382 e. The van der Waals surface area contributed by atoms with E-state index in [9.17, 15) is 4.79 Å². The van der Waals surface area contributed by atoms with Gasteiger partial charge in [0.25, 0.3) is 5.91 Å². The molecule has 2 aromatic rings. The summed E-state index contributed by atoms with van der Waals surface area (Å²) in [5.74, 6) is 0.0786. The second-order valence-electron chi connectivity index (χ2n) is 3.30. The summed E-state index contributed by atoms with van der Waals surface area (Å²) in [4.78, 5) is 16.3. The Kier molecular flexibility index (Phi) is 3.60. The van der Waals surface area contributed by atoms with Crippen LogP contribution in [0.5, 0.6) is 0 Å². The zero-order valence-corrected chi connectivity index (χ0v) is 10.8. The summed E-state index contributed by atoms with van der Waals surface area (Å²) in [5, 5.41) is 10.3. The highest BCUT2D eigenvalue weighted by Crippen LogP contribution is 2.24.